The van der Waals surface area contributed by atoms with E-state index in [9.17, 15) is 13.2 Å². The molecule has 1 saturated heterocycles. The molecule has 1 aliphatic heterocycles. The van der Waals surface area contributed by atoms with E-state index in [2.05, 4.69) is 17.4 Å². The van der Waals surface area contributed by atoms with Gasteiger partial charge in [0.1, 0.15) is 10.6 Å². The van der Waals surface area contributed by atoms with Gasteiger partial charge in [-0.15, -0.1) is 0 Å². The molecule has 1 aliphatic carbocycles. The van der Waals surface area contributed by atoms with Crippen molar-refractivity contribution in [3.63, 3.8) is 0 Å². The van der Waals surface area contributed by atoms with Crippen molar-refractivity contribution in [2.24, 2.45) is 0 Å². The van der Waals surface area contributed by atoms with Crippen molar-refractivity contribution in [1.82, 2.24) is 4.31 Å². The number of para-hydroxylation sites is 1. The van der Waals surface area contributed by atoms with Crippen molar-refractivity contribution in [2.45, 2.75) is 42.4 Å². The van der Waals surface area contributed by atoms with E-state index in [1.165, 1.54) is 22.5 Å². The number of carbonyl (C=O) groups excluding carboxylic acids is 1. The van der Waals surface area contributed by atoms with E-state index in [1.54, 1.807) is 24.3 Å². The quantitative estimate of drug-likeness (QED) is 0.550. The molecule has 0 atom stereocenters. The summed E-state index contributed by atoms with van der Waals surface area (Å²) in [5, 5.41) is 3.16. The molecule has 0 unspecified atom stereocenters. The van der Waals surface area contributed by atoms with Gasteiger partial charge in [-0.2, -0.15) is 4.31 Å². The number of carbonyl (C=O) groups is 1. The Bertz CT molecular complexity index is 1330. The highest BCUT2D eigenvalue weighted by Crippen LogP contribution is 2.39. The summed E-state index contributed by atoms with van der Waals surface area (Å²) in [6.07, 6.45) is 4.06. The fourth-order valence-corrected chi connectivity index (χ4v) is 6.98. The number of amides is 1. The molecule has 7 heteroatoms. The number of nitrogens with zero attached hydrogens (tertiary/aromatic N) is 1. The number of methoxy groups -OCH3 is 1. The number of hydrogen-bond acceptors (Lipinski definition) is 4. The summed E-state index contributed by atoms with van der Waals surface area (Å²) in [7, 11) is -2.29. The van der Waals surface area contributed by atoms with Crippen LogP contribution in [0.15, 0.2) is 77.7 Å². The maximum Gasteiger partial charge on any atom is 0.246 e. The Hall–Kier alpha value is -3.16. The first-order valence-corrected chi connectivity index (χ1v) is 13.5. The molecule has 3 aromatic rings. The third-order valence-electron chi connectivity index (χ3n) is 7.38. The second-order valence-corrected chi connectivity index (χ2v) is 11.2. The molecule has 35 heavy (non-hydrogen) atoms. The lowest BCUT2D eigenvalue weighted by Gasteiger charge is -2.40. The predicted molar refractivity (Wildman–Crippen MR) is 136 cm³/mol. The lowest BCUT2D eigenvalue weighted by atomic mass is 9.72. The topological polar surface area (TPSA) is 75.7 Å². The van der Waals surface area contributed by atoms with Gasteiger partial charge in [0.2, 0.25) is 15.9 Å². The highest BCUT2D eigenvalue weighted by atomic mass is 32.2. The Morgan fingerprint density at radius 2 is 1.60 bits per heavy atom. The van der Waals surface area contributed by atoms with Crippen LogP contribution in [0.2, 0.25) is 0 Å². The number of rotatable bonds is 6. The molecule has 0 bridgehead atoms. The summed E-state index contributed by atoms with van der Waals surface area (Å²) < 4.78 is 33.6. The van der Waals surface area contributed by atoms with Crippen LogP contribution in [-0.4, -0.2) is 38.8 Å². The van der Waals surface area contributed by atoms with Gasteiger partial charge < -0.3 is 10.1 Å². The van der Waals surface area contributed by atoms with Crippen LogP contribution in [0.4, 0.5) is 5.69 Å². The molecule has 1 heterocycles. The minimum absolute atomic E-state index is 0.0870. The van der Waals surface area contributed by atoms with Crippen LogP contribution < -0.4 is 10.1 Å². The smallest absolute Gasteiger partial charge is 0.246 e. The minimum atomic E-state index is -3.75. The molecule has 0 radical (unpaired) electrons. The van der Waals surface area contributed by atoms with E-state index < -0.39 is 15.4 Å². The summed E-state index contributed by atoms with van der Waals surface area (Å²) >= 11 is 0. The zero-order valence-electron chi connectivity index (χ0n) is 19.9. The molecule has 5 rings (SSSR count). The number of ether oxygens (including phenoxy) is 1. The monoisotopic (exact) mass is 490 g/mol. The largest absolute Gasteiger partial charge is 0.495 e. The van der Waals surface area contributed by atoms with E-state index in [0.717, 1.165) is 30.5 Å². The van der Waals surface area contributed by atoms with Gasteiger partial charge in [-0.3, -0.25) is 4.79 Å². The number of fused-ring (bicyclic) bond motifs is 1. The number of piperidine rings is 1. The van der Waals surface area contributed by atoms with Crippen molar-refractivity contribution in [2.75, 3.05) is 25.5 Å². The fourth-order valence-electron chi connectivity index (χ4n) is 5.38. The molecule has 2 aliphatic rings. The van der Waals surface area contributed by atoms with E-state index in [1.807, 2.05) is 36.4 Å². The van der Waals surface area contributed by atoms with Crippen molar-refractivity contribution < 1.29 is 17.9 Å². The van der Waals surface area contributed by atoms with Crippen LogP contribution in [0.3, 0.4) is 0 Å². The summed E-state index contributed by atoms with van der Waals surface area (Å²) in [5.41, 5.74) is 3.56. The number of nitrogens with one attached hydrogen (secondary N) is 1. The highest BCUT2D eigenvalue weighted by Gasteiger charge is 2.45. The summed E-state index contributed by atoms with van der Waals surface area (Å²) in [5.74, 6) is 0.234. The zero-order valence-corrected chi connectivity index (χ0v) is 20.7. The van der Waals surface area contributed by atoms with Crippen LogP contribution in [0.25, 0.3) is 0 Å². The van der Waals surface area contributed by atoms with E-state index in [4.69, 9.17) is 4.74 Å². The summed E-state index contributed by atoms with van der Waals surface area (Å²) in [6, 6.07) is 22.5. The molecule has 6 nitrogen and oxygen atoms in total. The molecule has 1 fully saturated rings. The van der Waals surface area contributed by atoms with Crippen LogP contribution >= 0.6 is 0 Å². The molecular weight excluding hydrogens is 460 g/mol. The second-order valence-electron chi connectivity index (χ2n) is 9.29. The minimum Gasteiger partial charge on any atom is -0.495 e. The first kappa shape index (κ1) is 23.6. The normalized spacial score (nSPS) is 17.5. The van der Waals surface area contributed by atoms with Gasteiger partial charge in [-0.05, 0) is 73.1 Å². The maximum absolute atomic E-state index is 13.8. The summed E-state index contributed by atoms with van der Waals surface area (Å²) in [4.78, 5) is 14.0. The van der Waals surface area contributed by atoms with Gasteiger partial charge in [0, 0.05) is 18.8 Å². The number of aryl methyl sites for hydroxylation is 2. The lowest BCUT2D eigenvalue weighted by molar-refractivity contribution is -0.123. The number of benzene rings is 3. The molecule has 3 aromatic carbocycles. The number of sulfonamides is 1. The van der Waals surface area contributed by atoms with Crippen molar-refractivity contribution in [3.05, 3.63) is 89.5 Å². The van der Waals surface area contributed by atoms with Gasteiger partial charge in [-0.1, -0.05) is 48.5 Å². The Kier molecular flexibility index (Phi) is 6.38. The van der Waals surface area contributed by atoms with E-state index in [0.29, 0.717) is 18.6 Å². The molecular formula is C28H30N2O4S. The third-order valence-corrected chi connectivity index (χ3v) is 9.32. The standard InChI is InChI=1S/C28H30N2O4S/c1-34-25-12-5-6-13-26(25)35(32,33)30-18-16-28(17-19-30,23-10-3-2-4-11-23)27(31)29-24-15-14-21-8-7-9-22(21)20-24/h2-6,10-15,20H,7-9,16-19H2,1H3,(H,29,31). The van der Waals surface area contributed by atoms with Crippen LogP contribution in [0, 0.1) is 0 Å². The predicted octanol–water partition coefficient (Wildman–Crippen LogP) is 4.55. The first-order chi connectivity index (χ1) is 16.9. The molecule has 0 saturated carbocycles. The molecule has 1 N–H and O–H groups in total. The summed E-state index contributed by atoms with van der Waals surface area (Å²) in [6.45, 7) is 0.486. The van der Waals surface area contributed by atoms with Crippen molar-refractivity contribution in [3.8, 4) is 5.75 Å². The van der Waals surface area contributed by atoms with E-state index >= 15 is 0 Å². The van der Waals surface area contributed by atoms with Crippen LogP contribution in [0.1, 0.15) is 36.0 Å². The van der Waals surface area contributed by atoms with Gasteiger partial charge in [0.15, 0.2) is 0 Å². The Labute approximate surface area is 207 Å². The Balaban J connectivity index is 1.42. The number of anilines is 1. The number of hydrogen-bond donors (Lipinski definition) is 1. The maximum atomic E-state index is 13.8. The SMILES string of the molecule is COc1ccccc1S(=O)(=O)N1CCC(C(=O)Nc2ccc3c(c2)CCC3)(c2ccccc2)CC1. The highest BCUT2D eigenvalue weighted by molar-refractivity contribution is 7.89. The lowest BCUT2D eigenvalue weighted by Crippen LogP contribution is -2.50. The second kappa shape index (κ2) is 9.47. The van der Waals surface area contributed by atoms with Crippen molar-refractivity contribution >= 4 is 21.6 Å². The Morgan fingerprint density at radius 3 is 2.34 bits per heavy atom. The van der Waals surface area contributed by atoms with Gasteiger partial charge >= 0.3 is 0 Å². The first-order valence-electron chi connectivity index (χ1n) is 12.1. The van der Waals surface area contributed by atoms with Crippen LogP contribution in [-0.2, 0) is 33.1 Å². The van der Waals surface area contributed by atoms with Crippen molar-refractivity contribution in [1.29, 1.82) is 0 Å². The molecule has 1 amide bonds. The molecule has 182 valence electrons. The molecule has 0 spiro atoms. The zero-order chi connectivity index (χ0) is 24.5. The third kappa shape index (κ3) is 4.34. The van der Waals surface area contributed by atoms with Gasteiger partial charge in [0.25, 0.3) is 0 Å². The van der Waals surface area contributed by atoms with E-state index in [-0.39, 0.29) is 23.9 Å². The molecule has 0 aromatic heterocycles. The average molecular weight is 491 g/mol. The van der Waals surface area contributed by atoms with Crippen LogP contribution in [0.5, 0.6) is 5.75 Å². The average Bonchev–Trinajstić information content (AvgIpc) is 3.37. The fraction of sp³-hybridized carbons (Fsp3) is 0.321. The Morgan fingerprint density at radius 1 is 0.914 bits per heavy atom. The van der Waals surface area contributed by atoms with Gasteiger partial charge in [0.05, 0.1) is 12.5 Å². The van der Waals surface area contributed by atoms with Gasteiger partial charge in [-0.25, -0.2) is 8.42 Å².